The van der Waals surface area contributed by atoms with E-state index in [2.05, 4.69) is 36.3 Å². The normalized spacial score (nSPS) is 18.6. The molecule has 1 atom stereocenters. The Balaban J connectivity index is 1.99. The molecular weight excluding hydrogens is 244 g/mol. The molecule has 0 saturated heterocycles. The topological polar surface area (TPSA) is 24.9 Å². The Morgan fingerprint density at radius 1 is 1.33 bits per heavy atom. The summed E-state index contributed by atoms with van der Waals surface area (Å²) in [5.74, 6) is 0. The molecule has 18 heavy (non-hydrogen) atoms. The second-order valence-corrected chi connectivity index (χ2v) is 5.92. The van der Waals surface area contributed by atoms with Crippen LogP contribution in [0.5, 0.6) is 0 Å². The molecule has 0 amide bonds. The highest BCUT2D eigenvalue weighted by atomic mass is 35.5. The van der Waals surface area contributed by atoms with E-state index in [-0.39, 0.29) is 0 Å². The Bertz CT molecular complexity index is 590. The molecule has 0 radical (unpaired) electrons. The first kappa shape index (κ1) is 11.8. The van der Waals surface area contributed by atoms with Crippen molar-refractivity contribution in [1.82, 2.24) is 4.98 Å². The summed E-state index contributed by atoms with van der Waals surface area (Å²) in [5.41, 5.74) is 2.45. The van der Waals surface area contributed by atoms with Crippen LogP contribution in [0.25, 0.3) is 10.9 Å². The van der Waals surface area contributed by atoms with E-state index in [9.17, 15) is 0 Å². The first-order valence-electron chi connectivity index (χ1n) is 6.40. The molecule has 1 aliphatic carbocycles. The van der Waals surface area contributed by atoms with E-state index >= 15 is 0 Å². The third-order valence-corrected chi connectivity index (χ3v) is 4.48. The van der Waals surface area contributed by atoms with Crippen LogP contribution in [0.1, 0.15) is 26.7 Å². The molecule has 1 N–H and O–H groups in total. The highest BCUT2D eigenvalue weighted by Crippen LogP contribution is 2.49. The van der Waals surface area contributed by atoms with Crippen LogP contribution in [-0.2, 0) is 0 Å². The number of pyridine rings is 1. The minimum atomic E-state index is 0.453. The van der Waals surface area contributed by atoms with Crippen LogP contribution >= 0.6 is 11.6 Å². The van der Waals surface area contributed by atoms with Crippen molar-refractivity contribution in [3.05, 3.63) is 35.5 Å². The maximum absolute atomic E-state index is 6.18. The van der Waals surface area contributed by atoms with Gasteiger partial charge in [0.1, 0.15) is 0 Å². The van der Waals surface area contributed by atoms with E-state index in [1.54, 1.807) is 6.20 Å². The van der Waals surface area contributed by atoms with E-state index < -0.39 is 0 Å². The number of rotatable bonds is 3. The standard InChI is InChI=1S/C15H17ClN2/c1-10(15(2)7-8-15)18-13-6-5-12(16)14-11(13)4-3-9-17-14/h3-6,9-10,18H,7-8H2,1-2H3. The molecule has 0 bridgehead atoms. The smallest absolute Gasteiger partial charge is 0.0908 e. The third kappa shape index (κ3) is 1.95. The first-order valence-corrected chi connectivity index (χ1v) is 6.78. The number of halogens is 1. The van der Waals surface area contributed by atoms with Gasteiger partial charge in [-0.05, 0) is 49.4 Å². The molecule has 1 aromatic carbocycles. The molecule has 1 aromatic heterocycles. The van der Waals surface area contributed by atoms with Crippen molar-refractivity contribution in [3.8, 4) is 0 Å². The number of hydrogen-bond donors (Lipinski definition) is 1. The maximum Gasteiger partial charge on any atom is 0.0908 e. The summed E-state index contributed by atoms with van der Waals surface area (Å²) >= 11 is 6.18. The Kier molecular flexibility index (Phi) is 2.70. The quantitative estimate of drug-likeness (QED) is 0.880. The largest absolute Gasteiger partial charge is 0.381 e. The van der Waals surface area contributed by atoms with Gasteiger partial charge in [0.2, 0.25) is 0 Å². The van der Waals surface area contributed by atoms with E-state index in [0.29, 0.717) is 16.5 Å². The fourth-order valence-corrected chi connectivity index (χ4v) is 2.52. The Morgan fingerprint density at radius 3 is 2.83 bits per heavy atom. The zero-order valence-corrected chi connectivity index (χ0v) is 11.5. The summed E-state index contributed by atoms with van der Waals surface area (Å²) in [6.45, 7) is 4.59. The summed E-state index contributed by atoms with van der Waals surface area (Å²) in [4.78, 5) is 4.35. The molecule has 0 spiro atoms. The molecule has 1 saturated carbocycles. The monoisotopic (exact) mass is 260 g/mol. The molecule has 0 aliphatic heterocycles. The summed E-state index contributed by atoms with van der Waals surface area (Å²) in [7, 11) is 0. The molecule has 1 aliphatic rings. The zero-order chi connectivity index (χ0) is 12.8. The van der Waals surface area contributed by atoms with E-state index in [0.717, 1.165) is 16.6 Å². The number of aromatic nitrogens is 1. The third-order valence-electron chi connectivity index (χ3n) is 4.18. The van der Waals surface area contributed by atoms with Gasteiger partial charge in [0.05, 0.1) is 10.5 Å². The molecule has 1 heterocycles. The maximum atomic E-state index is 6.18. The van der Waals surface area contributed by atoms with Crippen LogP contribution in [0.3, 0.4) is 0 Å². The summed E-state index contributed by atoms with van der Waals surface area (Å²) < 4.78 is 0. The lowest BCUT2D eigenvalue weighted by molar-refractivity contribution is 0.494. The minimum Gasteiger partial charge on any atom is -0.381 e. The van der Waals surface area contributed by atoms with Gasteiger partial charge < -0.3 is 5.32 Å². The van der Waals surface area contributed by atoms with Crippen molar-refractivity contribution < 1.29 is 0 Å². The number of hydrogen-bond acceptors (Lipinski definition) is 2. The number of anilines is 1. The van der Waals surface area contributed by atoms with Crippen LogP contribution in [-0.4, -0.2) is 11.0 Å². The lowest BCUT2D eigenvalue weighted by Gasteiger charge is -2.22. The Morgan fingerprint density at radius 2 is 2.11 bits per heavy atom. The minimum absolute atomic E-state index is 0.453. The van der Waals surface area contributed by atoms with E-state index in [1.807, 2.05) is 12.1 Å². The number of nitrogens with zero attached hydrogens (tertiary/aromatic N) is 1. The Labute approximate surface area is 112 Å². The van der Waals surface area contributed by atoms with Gasteiger partial charge in [-0.1, -0.05) is 18.5 Å². The van der Waals surface area contributed by atoms with Gasteiger partial charge in [-0.3, -0.25) is 4.98 Å². The zero-order valence-electron chi connectivity index (χ0n) is 10.7. The van der Waals surface area contributed by atoms with Crippen molar-refractivity contribution in [2.45, 2.75) is 32.7 Å². The lowest BCUT2D eigenvalue weighted by atomic mass is 10.00. The van der Waals surface area contributed by atoms with Gasteiger partial charge in [0, 0.05) is 23.3 Å². The molecule has 2 nitrogen and oxygen atoms in total. The van der Waals surface area contributed by atoms with Crippen molar-refractivity contribution in [2.75, 3.05) is 5.32 Å². The summed E-state index contributed by atoms with van der Waals surface area (Å²) in [5, 5.41) is 5.42. The SMILES string of the molecule is CC(Nc1ccc(Cl)c2ncccc12)C1(C)CC1. The van der Waals surface area contributed by atoms with Gasteiger partial charge in [-0.25, -0.2) is 0 Å². The van der Waals surface area contributed by atoms with Crippen molar-refractivity contribution in [2.24, 2.45) is 5.41 Å². The number of nitrogens with one attached hydrogen (secondary N) is 1. The number of fused-ring (bicyclic) bond motifs is 1. The van der Waals surface area contributed by atoms with Gasteiger partial charge in [0.15, 0.2) is 0 Å². The molecular formula is C15H17ClN2. The van der Waals surface area contributed by atoms with Crippen molar-refractivity contribution in [1.29, 1.82) is 0 Å². The highest BCUT2D eigenvalue weighted by molar-refractivity contribution is 6.35. The highest BCUT2D eigenvalue weighted by Gasteiger charge is 2.42. The average Bonchev–Trinajstić information content (AvgIpc) is 3.13. The molecule has 1 fully saturated rings. The Hall–Kier alpha value is -1.28. The predicted molar refractivity (Wildman–Crippen MR) is 77.2 cm³/mol. The number of benzene rings is 1. The van der Waals surface area contributed by atoms with Crippen LogP contribution in [0.2, 0.25) is 5.02 Å². The molecule has 94 valence electrons. The summed E-state index contributed by atoms with van der Waals surface area (Å²) in [6, 6.07) is 8.46. The van der Waals surface area contributed by atoms with Crippen LogP contribution in [0.15, 0.2) is 30.5 Å². The second-order valence-electron chi connectivity index (χ2n) is 5.51. The molecule has 1 unspecified atom stereocenters. The fourth-order valence-electron chi connectivity index (χ4n) is 2.30. The van der Waals surface area contributed by atoms with Gasteiger partial charge in [-0.15, -0.1) is 0 Å². The van der Waals surface area contributed by atoms with Gasteiger partial charge >= 0.3 is 0 Å². The first-order chi connectivity index (χ1) is 8.60. The average molecular weight is 261 g/mol. The lowest BCUT2D eigenvalue weighted by Crippen LogP contribution is -2.24. The summed E-state index contributed by atoms with van der Waals surface area (Å²) in [6.07, 6.45) is 4.40. The second kappa shape index (κ2) is 4.13. The molecule has 3 rings (SSSR count). The van der Waals surface area contributed by atoms with Crippen molar-refractivity contribution in [3.63, 3.8) is 0 Å². The van der Waals surface area contributed by atoms with Crippen molar-refractivity contribution >= 4 is 28.2 Å². The van der Waals surface area contributed by atoms with Crippen LogP contribution in [0.4, 0.5) is 5.69 Å². The van der Waals surface area contributed by atoms with E-state index in [4.69, 9.17) is 11.6 Å². The molecule has 3 heteroatoms. The molecule has 2 aromatic rings. The van der Waals surface area contributed by atoms with Crippen LogP contribution in [0, 0.1) is 5.41 Å². The van der Waals surface area contributed by atoms with Crippen LogP contribution < -0.4 is 5.32 Å². The van der Waals surface area contributed by atoms with Gasteiger partial charge in [-0.2, -0.15) is 0 Å². The van der Waals surface area contributed by atoms with Gasteiger partial charge in [0.25, 0.3) is 0 Å². The van der Waals surface area contributed by atoms with E-state index in [1.165, 1.54) is 12.8 Å². The fraction of sp³-hybridized carbons (Fsp3) is 0.400. The predicted octanol–water partition coefficient (Wildman–Crippen LogP) is 4.49.